The molecule has 1 aliphatic heterocycles. The number of aryl methyl sites for hydroxylation is 1. The van der Waals surface area contributed by atoms with Gasteiger partial charge in [-0.15, -0.1) is 0 Å². The van der Waals surface area contributed by atoms with Crippen LogP contribution in [0.3, 0.4) is 0 Å². The molecule has 1 aliphatic carbocycles. The molecule has 0 fully saturated rings. The molecular weight excluding hydrogens is 330 g/mol. The molecule has 1 heterocycles. The number of rotatable bonds is 9. The fraction of sp³-hybridized carbons (Fsp3) is 0.524. The van der Waals surface area contributed by atoms with Crippen molar-refractivity contribution in [2.45, 2.75) is 58.4 Å². The molecule has 0 saturated carbocycles. The number of unbranched alkanes of at least 4 members (excludes halogenated alkanes) is 2. The predicted octanol–water partition coefficient (Wildman–Crippen LogP) is 3.96. The minimum Gasteiger partial charge on any atom is -0.493 e. The van der Waals surface area contributed by atoms with Crippen LogP contribution in [0.25, 0.3) is 0 Å². The number of carbonyl (C=O) groups excluding carboxylic acids is 2. The Balaban J connectivity index is 1.89. The average molecular weight is 357 g/mol. The fourth-order valence-electron chi connectivity index (χ4n) is 3.52. The third kappa shape index (κ3) is 3.76. The molecule has 2 amide bonds. The van der Waals surface area contributed by atoms with Gasteiger partial charge in [0.15, 0.2) is 0 Å². The first kappa shape index (κ1) is 18.5. The zero-order valence-corrected chi connectivity index (χ0v) is 15.6. The van der Waals surface area contributed by atoms with Gasteiger partial charge in [-0.3, -0.25) is 14.5 Å². The summed E-state index contributed by atoms with van der Waals surface area (Å²) in [6.07, 6.45) is 8.34. The van der Waals surface area contributed by atoms with Gasteiger partial charge in [-0.1, -0.05) is 26.7 Å². The third-order valence-corrected chi connectivity index (χ3v) is 4.90. The van der Waals surface area contributed by atoms with E-state index in [9.17, 15) is 9.59 Å². The number of benzene rings is 1. The molecule has 1 atom stereocenters. The van der Waals surface area contributed by atoms with Crippen molar-refractivity contribution in [2.75, 3.05) is 13.2 Å². The number of imide groups is 1. The summed E-state index contributed by atoms with van der Waals surface area (Å²) < 4.78 is 11.9. The van der Waals surface area contributed by atoms with Crippen molar-refractivity contribution in [1.82, 2.24) is 4.90 Å². The zero-order chi connectivity index (χ0) is 18.5. The summed E-state index contributed by atoms with van der Waals surface area (Å²) in [4.78, 5) is 25.7. The van der Waals surface area contributed by atoms with Gasteiger partial charge >= 0.3 is 0 Å². The lowest BCUT2D eigenvalue weighted by molar-refractivity contribution is -0.139. The Kier molecular flexibility index (Phi) is 5.96. The average Bonchev–Trinajstić information content (AvgIpc) is 3.18. The van der Waals surface area contributed by atoms with Crippen molar-refractivity contribution < 1.29 is 19.1 Å². The molecule has 0 aromatic heterocycles. The van der Waals surface area contributed by atoms with Crippen LogP contribution in [0.1, 0.15) is 63.1 Å². The van der Waals surface area contributed by atoms with Gasteiger partial charge in [-0.25, -0.2) is 0 Å². The van der Waals surface area contributed by atoms with Crippen LogP contribution >= 0.6 is 0 Å². The van der Waals surface area contributed by atoms with Crippen LogP contribution in [0.15, 0.2) is 24.3 Å². The Morgan fingerprint density at radius 3 is 2.31 bits per heavy atom. The van der Waals surface area contributed by atoms with Gasteiger partial charge in [0.2, 0.25) is 0 Å². The molecule has 1 aromatic rings. The lowest BCUT2D eigenvalue weighted by Gasteiger charge is -2.25. The van der Waals surface area contributed by atoms with Crippen molar-refractivity contribution >= 4 is 11.8 Å². The first-order valence-electron chi connectivity index (χ1n) is 9.63. The van der Waals surface area contributed by atoms with E-state index in [1.165, 1.54) is 17.1 Å². The van der Waals surface area contributed by atoms with E-state index in [0.29, 0.717) is 13.2 Å². The van der Waals surface area contributed by atoms with Gasteiger partial charge in [-0.2, -0.15) is 0 Å². The van der Waals surface area contributed by atoms with E-state index >= 15 is 0 Å². The number of hydrogen-bond acceptors (Lipinski definition) is 4. The van der Waals surface area contributed by atoms with Gasteiger partial charge in [0.05, 0.1) is 19.3 Å². The van der Waals surface area contributed by atoms with Crippen molar-refractivity contribution in [2.24, 2.45) is 0 Å². The highest BCUT2D eigenvalue weighted by Gasteiger charge is 2.38. The van der Waals surface area contributed by atoms with Gasteiger partial charge < -0.3 is 9.47 Å². The second kappa shape index (κ2) is 8.39. The van der Waals surface area contributed by atoms with Crippen LogP contribution in [-0.4, -0.2) is 29.9 Å². The lowest BCUT2D eigenvalue weighted by atomic mass is 10.0. The van der Waals surface area contributed by atoms with E-state index in [0.717, 1.165) is 61.2 Å². The summed E-state index contributed by atoms with van der Waals surface area (Å²) in [6, 6.07) is 3.71. The minimum absolute atomic E-state index is 0.240. The van der Waals surface area contributed by atoms with Crippen LogP contribution in [0.2, 0.25) is 0 Å². The SMILES string of the molecule is CCCCOc1cc2c(c(OCCCC)c1)[C@@H](N1C(=O)C=CC1=O)CC2. The maximum absolute atomic E-state index is 12.1. The highest BCUT2D eigenvalue weighted by Crippen LogP contribution is 2.44. The summed E-state index contributed by atoms with van der Waals surface area (Å²) in [7, 11) is 0. The van der Waals surface area contributed by atoms with Crippen LogP contribution in [0.4, 0.5) is 0 Å². The van der Waals surface area contributed by atoms with E-state index in [1.54, 1.807) is 0 Å². The molecule has 2 aliphatic rings. The summed E-state index contributed by atoms with van der Waals surface area (Å²) in [5.74, 6) is 1.07. The summed E-state index contributed by atoms with van der Waals surface area (Å²) in [5, 5.41) is 0. The second-order valence-corrected chi connectivity index (χ2v) is 6.83. The first-order chi connectivity index (χ1) is 12.7. The number of fused-ring (bicyclic) bond motifs is 1. The van der Waals surface area contributed by atoms with E-state index in [4.69, 9.17) is 9.47 Å². The van der Waals surface area contributed by atoms with Crippen molar-refractivity contribution in [3.63, 3.8) is 0 Å². The van der Waals surface area contributed by atoms with Gasteiger partial charge in [0.25, 0.3) is 11.8 Å². The van der Waals surface area contributed by atoms with E-state index in [1.807, 2.05) is 12.1 Å². The molecule has 0 unspecified atom stereocenters. The molecular formula is C21H27NO4. The molecule has 5 nitrogen and oxygen atoms in total. The molecule has 26 heavy (non-hydrogen) atoms. The summed E-state index contributed by atoms with van der Waals surface area (Å²) in [6.45, 7) is 5.55. The quantitative estimate of drug-likeness (QED) is 0.496. The number of hydrogen-bond donors (Lipinski definition) is 0. The largest absolute Gasteiger partial charge is 0.493 e. The third-order valence-electron chi connectivity index (χ3n) is 4.90. The Labute approximate surface area is 155 Å². The first-order valence-corrected chi connectivity index (χ1v) is 9.63. The second-order valence-electron chi connectivity index (χ2n) is 6.83. The molecule has 0 spiro atoms. The van der Waals surface area contributed by atoms with Crippen LogP contribution in [0.5, 0.6) is 11.5 Å². The molecule has 5 heteroatoms. The van der Waals surface area contributed by atoms with Crippen LogP contribution in [0, 0.1) is 0 Å². The Morgan fingerprint density at radius 1 is 1.00 bits per heavy atom. The van der Waals surface area contributed by atoms with E-state index in [-0.39, 0.29) is 17.9 Å². The maximum Gasteiger partial charge on any atom is 0.254 e. The Bertz CT molecular complexity index is 692. The molecule has 0 saturated heterocycles. The number of amides is 2. The van der Waals surface area contributed by atoms with Gasteiger partial charge in [-0.05, 0) is 37.3 Å². The smallest absolute Gasteiger partial charge is 0.254 e. The molecule has 0 N–H and O–H groups in total. The minimum atomic E-state index is -0.249. The highest BCUT2D eigenvalue weighted by molar-refractivity contribution is 6.13. The van der Waals surface area contributed by atoms with Crippen LogP contribution in [-0.2, 0) is 16.0 Å². The monoisotopic (exact) mass is 357 g/mol. The van der Waals surface area contributed by atoms with Gasteiger partial charge in [0, 0.05) is 23.8 Å². The summed E-state index contributed by atoms with van der Waals surface area (Å²) >= 11 is 0. The predicted molar refractivity (Wildman–Crippen MR) is 99.3 cm³/mol. The standard InChI is InChI=1S/C21H27NO4/c1-3-5-11-25-16-13-15-7-8-17(22-19(23)9-10-20(22)24)21(15)18(14-16)26-12-6-4-2/h9-10,13-14,17H,3-8,11-12H2,1-2H3/t17-/m0/s1. The Hall–Kier alpha value is -2.30. The number of carbonyl (C=O) groups is 2. The fourth-order valence-corrected chi connectivity index (χ4v) is 3.52. The molecule has 3 rings (SSSR count). The number of ether oxygens (including phenoxy) is 2. The zero-order valence-electron chi connectivity index (χ0n) is 15.6. The Morgan fingerprint density at radius 2 is 1.65 bits per heavy atom. The summed E-state index contributed by atoms with van der Waals surface area (Å²) in [5.41, 5.74) is 2.08. The van der Waals surface area contributed by atoms with E-state index < -0.39 is 0 Å². The molecule has 0 bridgehead atoms. The molecule has 0 radical (unpaired) electrons. The normalized spacial score (nSPS) is 18.5. The topological polar surface area (TPSA) is 55.8 Å². The molecule has 1 aromatic carbocycles. The molecule has 140 valence electrons. The lowest BCUT2D eigenvalue weighted by Crippen LogP contribution is -2.33. The van der Waals surface area contributed by atoms with Crippen molar-refractivity contribution in [3.8, 4) is 11.5 Å². The van der Waals surface area contributed by atoms with Gasteiger partial charge in [0.1, 0.15) is 11.5 Å². The number of nitrogens with zero attached hydrogens (tertiary/aromatic N) is 1. The van der Waals surface area contributed by atoms with Crippen LogP contribution < -0.4 is 9.47 Å². The van der Waals surface area contributed by atoms with Crippen molar-refractivity contribution in [1.29, 1.82) is 0 Å². The van der Waals surface area contributed by atoms with Crippen molar-refractivity contribution in [3.05, 3.63) is 35.4 Å². The van der Waals surface area contributed by atoms with E-state index in [2.05, 4.69) is 13.8 Å². The highest BCUT2D eigenvalue weighted by atomic mass is 16.5. The maximum atomic E-state index is 12.1.